The van der Waals surface area contributed by atoms with E-state index < -0.39 is 0 Å². The quantitative estimate of drug-likeness (QED) is 0.846. The molecule has 0 bridgehead atoms. The molecule has 1 atom stereocenters. The molecule has 1 aromatic rings. The SMILES string of the molecule is CCCNc1ncc(Br)c(NC(C)C2CC2)n1. The fourth-order valence-corrected chi connectivity index (χ4v) is 2.03. The molecule has 1 fully saturated rings. The second kappa shape index (κ2) is 5.67. The zero-order valence-electron chi connectivity index (χ0n) is 10.3. The number of hydrogen-bond acceptors (Lipinski definition) is 4. The maximum atomic E-state index is 4.48. The van der Waals surface area contributed by atoms with Crippen LogP contribution in [0.5, 0.6) is 0 Å². The number of halogens is 1. The minimum Gasteiger partial charge on any atom is -0.366 e. The van der Waals surface area contributed by atoms with Crippen LogP contribution in [-0.4, -0.2) is 22.6 Å². The van der Waals surface area contributed by atoms with Crippen LogP contribution in [0.15, 0.2) is 10.7 Å². The highest BCUT2D eigenvalue weighted by atomic mass is 79.9. The van der Waals surface area contributed by atoms with E-state index in [0.717, 1.165) is 29.2 Å². The molecule has 1 aliphatic rings. The van der Waals surface area contributed by atoms with Gasteiger partial charge in [-0.25, -0.2) is 4.98 Å². The van der Waals surface area contributed by atoms with Crippen molar-refractivity contribution in [3.8, 4) is 0 Å². The summed E-state index contributed by atoms with van der Waals surface area (Å²) in [6.45, 7) is 5.24. The fourth-order valence-electron chi connectivity index (χ4n) is 1.72. The number of anilines is 2. The molecule has 2 N–H and O–H groups in total. The predicted octanol–water partition coefficient (Wildman–Crippen LogP) is 3.27. The first-order valence-corrected chi connectivity index (χ1v) is 7.03. The van der Waals surface area contributed by atoms with Gasteiger partial charge in [-0.2, -0.15) is 4.98 Å². The Morgan fingerprint density at radius 1 is 1.53 bits per heavy atom. The number of rotatable bonds is 6. The van der Waals surface area contributed by atoms with Crippen LogP contribution in [0.1, 0.15) is 33.1 Å². The summed E-state index contributed by atoms with van der Waals surface area (Å²) in [6, 6.07) is 0.486. The van der Waals surface area contributed by atoms with Crippen molar-refractivity contribution in [1.29, 1.82) is 0 Å². The second-order valence-corrected chi connectivity index (χ2v) is 5.44. The lowest BCUT2D eigenvalue weighted by Gasteiger charge is -2.15. The maximum absolute atomic E-state index is 4.48. The van der Waals surface area contributed by atoms with Gasteiger partial charge in [0, 0.05) is 18.8 Å². The van der Waals surface area contributed by atoms with E-state index in [1.807, 2.05) is 0 Å². The number of hydrogen-bond donors (Lipinski definition) is 2. The minimum absolute atomic E-state index is 0.486. The molecule has 0 amide bonds. The first-order chi connectivity index (χ1) is 8.20. The molecule has 17 heavy (non-hydrogen) atoms. The Bertz CT molecular complexity index is 379. The highest BCUT2D eigenvalue weighted by Crippen LogP contribution is 2.34. The average Bonchev–Trinajstić information content (AvgIpc) is 3.14. The molecular weight excluding hydrogens is 280 g/mol. The van der Waals surface area contributed by atoms with Crippen LogP contribution >= 0.6 is 15.9 Å². The Hall–Kier alpha value is -0.840. The van der Waals surface area contributed by atoms with Gasteiger partial charge in [0.05, 0.1) is 4.47 Å². The van der Waals surface area contributed by atoms with Crippen molar-refractivity contribution < 1.29 is 0 Å². The first kappa shape index (κ1) is 12.6. The van der Waals surface area contributed by atoms with Gasteiger partial charge in [-0.1, -0.05) is 6.92 Å². The van der Waals surface area contributed by atoms with Crippen molar-refractivity contribution in [2.24, 2.45) is 5.92 Å². The molecule has 0 aliphatic heterocycles. The summed E-state index contributed by atoms with van der Waals surface area (Å²) in [7, 11) is 0. The Kier molecular flexibility index (Phi) is 4.20. The summed E-state index contributed by atoms with van der Waals surface area (Å²) in [4.78, 5) is 8.71. The monoisotopic (exact) mass is 298 g/mol. The molecule has 1 unspecified atom stereocenters. The molecule has 0 saturated heterocycles. The normalized spacial score (nSPS) is 16.6. The van der Waals surface area contributed by atoms with Crippen LogP contribution in [0.4, 0.5) is 11.8 Å². The van der Waals surface area contributed by atoms with Gasteiger partial charge in [0.1, 0.15) is 5.82 Å². The molecule has 1 saturated carbocycles. The Labute approximate surface area is 111 Å². The third kappa shape index (κ3) is 3.56. The van der Waals surface area contributed by atoms with Crippen molar-refractivity contribution in [2.45, 2.75) is 39.2 Å². The van der Waals surface area contributed by atoms with Crippen LogP contribution in [0.25, 0.3) is 0 Å². The van der Waals surface area contributed by atoms with Crippen LogP contribution < -0.4 is 10.6 Å². The van der Waals surface area contributed by atoms with Crippen LogP contribution in [0, 0.1) is 5.92 Å². The van der Waals surface area contributed by atoms with Crippen molar-refractivity contribution >= 4 is 27.7 Å². The molecule has 4 nitrogen and oxygen atoms in total. The van der Waals surface area contributed by atoms with E-state index in [9.17, 15) is 0 Å². The molecule has 1 aromatic heterocycles. The smallest absolute Gasteiger partial charge is 0.224 e. The number of aromatic nitrogens is 2. The number of nitrogens with zero attached hydrogens (tertiary/aromatic N) is 2. The maximum Gasteiger partial charge on any atom is 0.224 e. The van der Waals surface area contributed by atoms with E-state index in [1.165, 1.54) is 12.8 Å². The van der Waals surface area contributed by atoms with E-state index >= 15 is 0 Å². The summed E-state index contributed by atoms with van der Waals surface area (Å²) in [5.74, 6) is 2.39. The lowest BCUT2D eigenvalue weighted by atomic mass is 10.2. The molecule has 5 heteroatoms. The molecular formula is C12H19BrN4. The van der Waals surface area contributed by atoms with E-state index in [4.69, 9.17) is 0 Å². The standard InChI is InChI=1S/C12H19BrN4/c1-3-6-14-12-15-7-10(13)11(17-12)16-8(2)9-4-5-9/h7-9H,3-6H2,1-2H3,(H2,14,15,16,17). The zero-order valence-corrected chi connectivity index (χ0v) is 11.9. The Balaban J connectivity index is 2.02. The summed E-state index contributed by atoms with van der Waals surface area (Å²) in [5.41, 5.74) is 0. The van der Waals surface area contributed by atoms with Crippen LogP contribution in [-0.2, 0) is 0 Å². The van der Waals surface area contributed by atoms with Crippen LogP contribution in [0.2, 0.25) is 0 Å². The van der Waals surface area contributed by atoms with Gasteiger partial charge >= 0.3 is 0 Å². The second-order valence-electron chi connectivity index (χ2n) is 4.59. The Morgan fingerprint density at radius 3 is 2.94 bits per heavy atom. The molecule has 94 valence electrons. The zero-order chi connectivity index (χ0) is 12.3. The van der Waals surface area contributed by atoms with Gasteiger partial charge in [0.25, 0.3) is 0 Å². The Morgan fingerprint density at radius 2 is 2.29 bits per heavy atom. The highest BCUT2D eigenvalue weighted by Gasteiger charge is 2.28. The predicted molar refractivity (Wildman–Crippen MR) is 74.3 cm³/mol. The third-order valence-electron chi connectivity index (χ3n) is 2.97. The van der Waals surface area contributed by atoms with E-state index in [0.29, 0.717) is 12.0 Å². The van der Waals surface area contributed by atoms with Gasteiger partial charge in [-0.15, -0.1) is 0 Å². The lowest BCUT2D eigenvalue weighted by Crippen LogP contribution is -2.19. The molecule has 1 heterocycles. The van der Waals surface area contributed by atoms with Gasteiger partial charge in [-0.05, 0) is 48.0 Å². The van der Waals surface area contributed by atoms with Crippen molar-refractivity contribution in [3.63, 3.8) is 0 Å². The minimum atomic E-state index is 0.486. The summed E-state index contributed by atoms with van der Waals surface area (Å²) in [6.07, 6.45) is 5.53. The lowest BCUT2D eigenvalue weighted by molar-refractivity contribution is 0.689. The molecule has 1 aliphatic carbocycles. The largest absolute Gasteiger partial charge is 0.366 e. The van der Waals surface area contributed by atoms with Gasteiger partial charge in [-0.3, -0.25) is 0 Å². The van der Waals surface area contributed by atoms with Gasteiger partial charge in [0.2, 0.25) is 5.95 Å². The number of nitrogens with one attached hydrogen (secondary N) is 2. The van der Waals surface area contributed by atoms with Crippen molar-refractivity contribution in [3.05, 3.63) is 10.7 Å². The van der Waals surface area contributed by atoms with Gasteiger partial charge in [0.15, 0.2) is 0 Å². The van der Waals surface area contributed by atoms with Crippen LogP contribution in [0.3, 0.4) is 0 Å². The molecule has 0 spiro atoms. The highest BCUT2D eigenvalue weighted by molar-refractivity contribution is 9.10. The summed E-state index contributed by atoms with van der Waals surface area (Å²) < 4.78 is 0.923. The van der Waals surface area contributed by atoms with E-state index in [2.05, 4.69) is 50.4 Å². The summed E-state index contributed by atoms with van der Waals surface area (Å²) in [5, 5.41) is 6.65. The van der Waals surface area contributed by atoms with Gasteiger partial charge < -0.3 is 10.6 Å². The average molecular weight is 299 g/mol. The first-order valence-electron chi connectivity index (χ1n) is 6.23. The van der Waals surface area contributed by atoms with Crippen molar-refractivity contribution in [1.82, 2.24) is 9.97 Å². The summed E-state index contributed by atoms with van der Waals surface area (Å²) >= 11 is 3.48. The topological polar surface area (TPSA) is 49.8 Å². The van der Waals surface area contributed by atoms with E-state index in [1.54, 1.807) is 6.20 Å². The molecule has 2 rings (SSSR count). The fraction of sp³-hybridized carbons (Fsp3) is 0.667. The van der Waals surface area contributed by atoms with E-state index in [-0.39, 0.29) is 0 Å². The molecule has 0 radical (unpaired) electrons. The third-order valence-corrected chi connectivity index (χ3v) is 3.55. The van der Waals surface area contributed by atoms with Crippen molar-refractivity contribution in [2.75, 3.05) is 17.2 Å². The molecule has 0 aromatic carbocycles.